The smallest absolute Gasteiger partial charge is 0.277 e. The molecule has 24 heavy (non-hydrogen) atoms. The highest BCUT2D eigenvalue weighted by atomic mass is 35.5. The number of rotatable bonds is 3. The van der Waals surface area contributed by atoms with Crippen molar-refractivity contribution in [1.82, 2.24) is 18.5 Å². The molecule has 0 saturated heterocycles. The topological polar surface area (TPSA) is 111 Å². The van der Waals surface area contributed by atoms with E-state index < -0.39 is 15.6 Å². The van der Waals surface area contributed by atoms with Gasteiger partial charge in [-0.05, 0) is 23.2 Å². The van der Waals surface area contributed by atoms with Gasteiger partial charge in [-0.2, -0.15) is 10.2 Å². The van der Waals surface area contributed by atoms with E-state index in [9.17, 15) is 13.2 Å². The van der Waals surface area contributed by atoms with Crippen molar-refractivity contribution in [2.75, 3.05) is 6.26 Å². The van der Waals surface area contributed by atoms with Crippen molar-refractivity contribution in [1.29, 1.82) is 5.26 Å². The molecule has 1 aromatic carbocycles. The number of hydrogen-bond acceptors (Lipinski definition) is 6. The van der Waals surface area contributed by atoms with E-state index in [0.717, 1.165) is 21.1 Å². The van der Waals surface area contributed by atoms with Crippen molar-refractivity contribution in [3.8, 4) is 6.07 Å². The van der Waals surface area contributed by atoms with Crippen LogP contribution in [0.3, 0.4) is 0 Å². The van der Waals surface area contributed by atoms with Crippen molar-refractivity contribution in [2.24, 2.45) is 0 Å². The van der Waals surface area contributed by atoms with Gasteiger partial charge in [-0.25, -0.2) is 17.4 Å². The largest absolute Gasteiger partial charge is 0.282 e. The van der Waals surface area contributed by atoms with Gasteiger partial charge in [0.25, 0.3) is 5.56 Å². The van der Waals surface area contributed by atoms with E-state index in [1.807, 2.05) is 6.07 Å². The summed E-state index contributed by atoms with van der Waals surface area (Å²) in [6.45, 7) is -0.0146. The fourth-order valence-electron chi connectivity index (χ4n) is 2.28. The summed E-state index contributed by atoms with van der Waals surface area (Å²) in [5.41, 5.74) is 0.0602. The number of nitriles is 1. The third kappa shape index (κ3) is 2.66. The lowest BCUT2D eigenvalue weighted by atomic mass is 10.1. The molecule has 0 saturated carbocycles. The number of aromatic nitrogens is 4. The van der Waals surface area contributed by atoms with Gasteiger partial charge in [-0.15, -0.1) is 0 Å². The number of nitrogens with zero attached hydrogens (tertiary/aromatic N) is 5. The highest BCUT2D eigenvalue weighted by molar-refractivity contribution is 7.89. The summed E-state index contributed by atoms with van der Waals surface area (Å²) in [6.07, 6.45) is 1.97. The standard InChI is InChI=1S/C14H10ClN5O3S/c1-24(22,23)20-8-17-12-11(20)13(21)19(14(15)18-12)7-10-5-3-2-4-9(10)6-16/h2-5,8H,7H2,1H3. The lowest BCUT2D eigenvalue weighted by Crippen LogP contribution is -2.26. The average molecular weight is 364 g/mol. The summed E-state index contributed by atoms with van der Waals surface area (Å²) in [4.78, 5) is 20.5. The maximum Gasteiger partial charge on any atom is 0.282 e. The Bertz CT molecular complexity index is 1160. The first-order chi connectivity index (χ1) is 11.3. The number of halogens is 1. The van der Waals surface area contributed by atoms with Crippen LogP contribution in [-0.2, 0) is 16.6 Å². The lowest BCUT2D eigenvalue weighted by molar-refractivity contribution is 0.594. The highest BCUT2D eigenvalue weighted by Crippen LogP contribution is 2.15. The zero-order valence-electron chi connectivity index (χ0n) is 12.3. The van der Waals surface area contributed by atoms with Gasteiger partial charge in [-0.1, -0.05) is 18.2 Å². The molecular formula is C14H10ClN5O3S. The molecule has 10 heteroatoms. The van der Waals surface area contributed by atoms with Crippen molar-refractivity contribution in [3.05, 3.63) is 57.4 Å². The normalized spacial score (nSPS) is 11.5. The van der Waals surface area contributed by atoms with Crippen LogP contribution in [0.4, 0.5) is 0 Å². The molecule has 0 atom stereocenters. The van der Waals surface area contributed by atoms with Crippen molar-refractivity contribution in [2.45, 2.75) is 6.54 Å². The molecule has 0 spiro atoms. The van der Waals surface area contributed by atoms with Crippen LogP contribution in [-0.4, -0.2) is 33.2 Å². The van der Waals surface area contributed by atoms with E-state index in [4.69, 9.17) is 16.9 Å². The number of hydrogen-bond donors (Lipinski definition) is 0. The van der Waals surface area contributed by atoms with Crippen LogP contribution in [0.1, 0.15) is 11.1 Å². The van der Waals surface area contributed by atoms with Crippen LogP contribution < -0.4 is 5.56 Å². The van der Waals surface area contributed by atoms with Crippen LogP contribution >= 0.6 is 11.6 Å². The number of benzene rings is 1. The summed E-state index contributed by atoms with van der Waals surface area (Å²) in [7, 11) is -3.72. The van der Waals surface area contributed by atoms with Crippen LogP contribution in [0.2, 0.25) is 5.28 Å². The van der Waals surface area contributed by atoms with E-state index in [2.05, 4.69) is 9.97 Å². The summed E-state index contributed by atoms with van der Waals surface area (Å²) in [5, 5.41) is 9.01. The second-order valence-corrected chi connectivity index (χ2v) is 7.21. The van der Waals surface area contributed by atoms with Crippen LogP contribution in [0.5, 0.6) is 0 Å². The number of fused-ring (bicyclic) bond motifs is 1. The van der Waals surface area contributed by atoms with Crippen LogP contribution in [0.25, 0.3) is 11.2 Å². The Morgan fingerprint density at radius 1 is 1.33 bits per heavy atom. The number of imidazole rings is 1. The van der Waals surface area contributed by atoms with E-state index in [1.54, 1.807) is 24.3 Å². The van der Waals surface area contributed by atoms with Gasteiger partial charge >= 0.3 is 0 Å². The third-order valence-electron chi connectivity index (χ3n) is 3.41. The maximum absolute atomic E-state index is 12.7. The van der Waals surface area contributed by atoms with E-state index in [-0.39, 0.29) is 23.0 Å². The van der Waals surface area contributed by atoms with Crippen LogP contribution in [0.15, 0.2) is 35.4 Å². The Morgan fingerprint density at radius 3 is 2.71 bits per heavy atom. The molecule has 2 heterocycles. The molecule has 0 aliphatic carbocycles. The first-order valence-electron chi connectivity index (χ1n) is 6.65. The molecular weight excluding hydrogens is 354 g/mol. The monoisotopic (exact) mass is 363 g/mol. The molecule has 0 radical (unpaired) electrons. The van der Waals surface area contributed by atoms with E-state index in [1.165, 1.54) is 0 Å². The van der Waals surface area contributed by atoms with Crippen molar-refractivity contribution >= 4 is 32.8 Å². The second-order valence-electron chi connectivity index (χ2n) is 5.02. The van der Waals surface area contributed by atoms with Gasteiger partial charge in [0.05, 0.1) is 24.4 Å². The third-order valence-corrected chi connectivity index (χ3v) is 4.69. The minimum absolute atomic E-state index is 0.0146. The second kappa shape index (κ2) is 5.74. The van der Waals surface area contributed by atoms with Gasteiger partial charge in [0, 0.05) is 0 Å². The van der Waals surface area contributed by atoms with Gasteiger partial charge in [0.1, 0.15) is 6.33 Å². The Balaban J connectivity index is 2.26. The van der Waals surface area contributed by atoms with Gasteiger partial charge in [-0.3, -0.25) is 9.36 Å². The zero-order valence-corrected chi connectivity index (χ0v) is 13.9. The lowest BCUT2D eigenvalue weighted by Gasteiger charge is -2.10. The maximum atomic E-state index is 12.7. The Hall–Kier alpha value is -2.70. The fourth-order valence-corrected chi connectivity index (χ4v) is 3.21. The molecule has 0 amide bonds. The average Bonchev–Trinajstić information content (AvgIpc) is 2.95. The summed E-state index contributed by atoms with van der Waals surface area (Å²) < 4.78 is 25.4. The minimum Gasteiger partial charge on any atom is -0.277 e. The zero-order chi connectivity index (χ0) is 17.5. The quantitative estimate of drug-likeness (QED) is 0.641. The first-order valence-corrected chi connectivity index (χ1v) is 8.87. The van der Waals surface area contributed by atoms with Gasteiger partial charge in [0.2, 0.25) is 15.3 Å². The predicted molar refractivity (Wildman–Crippen MR) is 87.3 cm³/mol. The predicted octanol–water partition coefficient (Wildman–Crippen LogP) is 0.974. The molecule has 0 aliphatic heterocycles. The molecule has 0 bridgehead atoms. The molecule has 0 aliphatic rings. The van der Waals surface area contributed by atoms with Crippen molar-refractivity contribution < 1.29 is 8.42 Å². The fraction of sp³-hybridized carbons (Fsp3) is 0.143. The molecule has 3 aromatic rings. The molecule has 3 rings (SSSR count). The van der Waals surface area contributed by atoms with Gasteiger partial charge < -0.3 is 0 Å². The summed E-state index contributed by atoms with van der Waals surface area (Å²) in [5.74, 6) is 0. The molecule has 0 unspecified atom stereocenters. The molecule has 122 valence electrons. The first kappa shape index (κ1) is 16.2. The van der Waals surface area contributed by atoms with Crippen LogP contribution in [0, 0.1) is 11.3 Å². The Labute approximate surface area is 141 Å². The van der Waals surface area contributed by atoms with Crippen molar-refractivity contribution in [3.63, 3.8) is 0 Å². The summed E-state index contributed by atoms with van der Waals surface area (Å²) >= 11 is 6.05. The SMILES string of the molecule is CS(=O)(=O)n1cnc2nc(Cl)n(Cc3ccccc3C#N)c(=O)c21. The van der Waals surface area contributed by atoms with E-state index in [0.29, 0.717) is 11.1 Å². The Morgan fingerprint density at radius 2 is 2.04 bits per heavy atom. The Kier molecular flexibility index (Phi) is 3.87. The molecule has 0 N–H and O–H groups in total. The van der Waals surface area contributed by atoms with Gasteiger partial charge in [0.15, 0.2) is 11.2 Å². The van der Waals surface area contributed by atoms with E-state index >= 15 is 0 Å². The molecule has 8 nitrogen and oxygen atoms in total. The highest BCUT2D eigenvalue weighted by Gasteiger charge is 2.19. The molecule has 0 fully saturated rings. The summed E-state index contributed by atoms with van der Waals surface area (Å²) in [6, 6.07) is 8.75. The molecule has 2 aromatic heterocycles. The minimum atomic E-state index is -3.72.